The predicted octanol–water partition coefficient (Wildman–Crippen LogP) is 0.899. The summed E-state index contributed by atoms with van der Waals surface area (Å²) in [6, 6.07) is 0. The molecule has 0 aliphatic carbocycles. The highest BCUT2D eigenvalue weighted by atomic mass is 35.5. The first-order valence-corrected chi connectivity index (χ1v) is 3.23. The van der Waals surface area contributed by atoms with Gasteiger partial charge in [-0.3, -0.25) is 9.63 Å². The first-order valence-electron chi connectivity index (χ1n) is 2.85. The Morgan fingerprint density at radius 1 is 1.82 bits per heavy atom. The van der Waals surface area contributed by atoms with Gasteiger partial charge in [0.2, 0.25) is 5.24 Å². The summed E-state index contributed by atoms with van der Waals surface area (Å²) >= 11 is 5.13. The van der Waals surface area contributed by atoms with Crippen LogP contribution in [-0.2, 0) is 9.63 Å². The van der Waals surface area contributed by atoms with Crippen molar-refractivity contribution in [2.45, 2.75) is 13.8 Å². The van der Waals surface area contributed by atoms with E-state index in [0.29, 0.717) is 0 Å². The van der Waals surface area contributed by atoms with Crippen LogP contribution in [0.3, 0.4) is 0 Å². The van der Waals surface area contributed by atoms with E-state index in [9.17, 15) is 10.0 Å². The molecule has 0 aliphatic rings. The largest absolute Gasteiger partial charge is 0.738 e. The van der Waals surface area contributed by atoms with Crippen LogP contribution in [0.2, 0.25) is 0 Å². The molecule has 0 radical (unpaired) electrons. The summed E-state index contributed by atoms with van der Waals surface area (Å²) in [5, 5.41) is 16.5. The molecule has 66 valence electrons. The van der Waals surface area contributed by atoms with Gasteiger partial charge in [-0.25, -0.2) is 0 Å². The molecule has 11 heavy (non-hydrogen) atoms. The molecule has 0 rings (SSSR count). The maximum atomic E-state index is 10.6. The van der Waals surface area contributed by atoms with Crippen molar-refractivity contribution in [3.8, 4) is 0 Å². The van der Waals surface area contributed by atoms with Crippen LogP contribution in [0.5, 0.6) is 0 Å². The molecule has 0 aromatic carbocycles. The highest BCUT2D eigenvalue weighted by Crippen LogP contribution is 2.19. The van der Waals surface area contributed by atoms with Gasteiger partial charge >= 0.3 is 0 Å². The minimum atomic E-state index is -0.965. The van der Waals surface area contributed by atoms with Crippen molar-refractivity contribution in [2.24, 2.45) is 5.41 Å². The van der Waals surface area contributed by atoms with Gasteiger partial charge in [0, 0.05) is 0 Å². The van der Waals surface area contributed by atoms with Gasteiger partial charge in [-0.15, -0.1) is 5.39 Å². The summed E-state index contributed by atoms with van der Waals surface area (Å²) < 4.78 is 0. The molecule has 1 N–H and O–H groups in total. The topological polar surface area (TPSA) is 72.8 Å². The summed E-state index contributed by atoms with van der Waals surface area (Å²) in [7, 11) is 0. The fraction of sp³-hybridized carbons (Fsp3) is 0.800. The lowest BCUT2D eigenvalue weighted by molar-refractivity contribution is -0.313. The van der Waals surface area contributed by atoms with E-state index in [0.717, 1.165) is 0 Å². The van der Waals surface area contributed by atoms with E-state index in [1.54, 1.807) is 0 Å². The van der Waals surface area contributed by atoms with E-state index in [4.69, 9.17) is 16.8 Å². The number of nitrogens with zero attached hydrogens (tertiary/aromatic N) is 1. The molecule has 0 amide bonds. The van der Waals surface area contributed by atoms with Gasteiger partial charge in [0.15, 0.2) is 0 Å². The van der Waals surface area contributed by atoms with Crippen molar-refractivity contribution in [2.75, 3.05) is 6.61 Å². The molecule has 0 atom stereocenters. The second kappa shape index (κ2) is 3.99. The smallest absolute Gasteiger partial charge is 0.229 e. The maximum absolute atomic E-state index is 10.6. The van der Waals surface area contributed by atoms with E-state index in [2.05, 4.69) is 4.84 Å². The highest BCUT2D eigenvalue weighted by Gasteiger charge is 2.26. The minimum absolute atomic E-state index is 0.255. The number of carbonyl (C=O) groups is 1. The number of carbonyl (C=O) groups excluding carboxylic acids is 1. The SMILES string of the molecule is CC(C)(CON([O-])O)C(=O)Cl. The van der Waals surface area contributed by atoms with Crippen LogP contribution >= 0.6 is 11.6 Å². The van der Waals surface area contributed by atoms with Gasteiger partial charge in [0.25, 0.3) is 0 Å². The van der Waals surface area contributed by atoms with Crippen LogP contribution in [0.1, 0.15) is 13.8 Å². The van der Waals surface area contributed by atoms with E-state index in [-0.39, 0.29) is 6.61 Å². The Kier molecular flexibility index (Phi) is 3.91. The molecule has 0 bridgehead atoms. The van der Waals surface area contributed by atoms with Crippen LogP contribution in [0, 0.1) is 10.6 Å². The molecule has 0 heterocycles. The van der Waals surface area contributed by atoms with E-state index >= 15 is 0 Å². The summed E-state index contributed by atoms with van der Waals surface area (Å²) in [4.78, 5) is 14.7. The van der Waals surface area contributed by atoms with E-state index < -0.39 is 16.0 Å². The lowest BCUT2D eigenvalue weighted by Crippen LogP contribution is -2.29. The fourth-order valence-electron chi connectivity index (χ4n) is 0.273. The molecule has 0 aromatic rings. The Balaban J connectivity index is 3.83. The van der Waals surface area contributed by atoms with Gasteiger partial charge in [-0.2, -0.15) is 0 Å². The molecule has 6 heteroatoms. The van der Waals surface area contributed by atoms with Crippen LogP contribution in [0.4, 0.5) is 0 Å². The Morgan fingerprint density at radius 3 is 2.55 bits per heavy atom. The Hall–Kier alpha value is -0.200. The average Bonchev–Trinajstić information content (AvgIpc) is 1.84. The summed E-state index contributed by atoms with van der Waals surface area (Å²) in [5.41, 5.74) is -0.965. The zero-order valence-electron chi connectivity index (χ0n) is 6.20. The van der Waals surface area contributed by atoms with Gasteiger partial charge in [-0.1, -0.05) is 0 Å². The lowest BCUT2D eigenvalue weighted by atomic mass is 9.97. The zero-order chi connectivity index (χ0) is 9.07. The van der Waals surface area contributed by atoms with Crippen molar-refractivity contribution in [3.63, 3.8) is 0 Å². The Labute approximate surface area is 69.0 Å². The molecule has 0 spiro atoms. The van der Waals surface area contributed by atoms with Crippen LogP contribution in [-0.4, -0.2) is 22.4 Å². The van der Waals surface area contributed by atoms with Gasteiger partial charge in [-0.05, 0) is 25.4 Å². The van der Waals surface area contributed by atoms with Crippen molar-refractivity contribution in [3.05, 3.63) is 5.21 Å². The monoisotopic (exact) mass is 182 g/mol. The number of hydrogen-bond acceptors (Lipinski definition) is 5. The van der Waals surface area contributed by atoms with Crippen LogP contribution in [0.15, 0.2) is 0 Å². The average molecular weight is 183 g/mol. The molecule has 5 nitrogen and oxygen atoms in total. The number of halogens is 1. The Bertz CT molecular complexity index is 147. The third-order valence-corrected chi connectivity index (χ3v) is 1.58. The van der Waals surface area contributed by atoms with Gasteiger partial charge in [0.1, 0.15) is 0 Å². The molecular weight excluding hydrogens is 174 g/mol. The first-order chi connectivity index (χ1) is 4.86. The number of rotatable bonds is 4. The zero-order valence-corrected chi connectivity index (χ0v) is 6.96. The second-order valence-electron chi connectivity index (χ2n) is 2.67. The summed E-state index contributed by atoms with van der Waals surface area (Å²) in [6.07, 6.45) is 0. The van der Waals surface area contributed by atoms with Gasteiger partial charge in [0.05, 0.1) is 12.0 Å². The normalized spacial score (nSPS) is 12.2. The van der Waals surface area contributed by atoms with Crippen LogP contribution < -0.4 is 0 Å². The Morgan fingerprint density at radius 2 is 2.27 bits per heavy atom. The molecule has 0 fully saturated rings. The standard InChI is InChI=1S/C5H9ClNO4/c1-5(2,4(6)8)3-11-7(9)10/h9H,3H2,1-2H3/q-1. The lowest BCUT2D eigenvalue weighted by Gasteiger charge is -2.24. The van der Waals surface area contributed by atoms with Crippen molar-refractivity contribution in [1.82, 2.24) is 5.39 Å². The second-order valence-corrected chi connectivity index (χ2v) is 3.01. The first kappa shape index (κ1) is 10.8. The molecule has 0 aromatic heterocycles. The quantitative estimate of drug-likeness (QED) is 0.517. The molecule has 0 saturated carbocycles. The van der Waals surface area contributed by atoms with E-state index in [1.807, 2.05) is 0 Å². The minimum Gasteiger partial charge on any atom is -0.738 e. The third kappa shape index (κ3) is 4.28. The van der Waals surface area contributed by atoms with E-state index in [1.165, 1.54) is 13.8 Å². The third-order valence-electron chi connectivity index (χ3n) is 1.07. The molecule has 0 aliphatic heterocycles. The fourth-order valence-corrected chi connectivity index (χ4v) is 0.328. The highest BCUT2D eigenvalue weighted by molar-refractivity contribution is 6.64. The maximum Gasteiger partial charge on any atom is 0.229 e. The summed E-state index contributed by atoms with van der Waals surface area (Å²) in [5.74, 6) is 0. The van der Waals surface area contributed by atoms with Crippen molar-refractivity contribution in [1.29, 1.82) is 0 Å². The van der Waals surface area contributed by atoms with Crippen LogP contribution in [0.25, 0.3) is 0 Å². The molecule has 0 saturated heterocycles. The summed E-state index contributed by atoms with van der Waals surface area (Å²) in [6.45, 7) is 2.73. The number of hydrogen-bond donors (Lipinski definition) is 1. The van der Waals surface area contributed by atoms with Crippen molar-refractivity contribution < 1.29 is 14.8 Å². The molecular formula is C5H9ClNO4-. The predicted molar refractivity (Wildman–Crippen MR) is 37.6 cm³/mol. The molecule has 0 unspecified atom stereocenters. The van der Waals surface area contributed by atoms with Gasteiger partial charge < -0.3 is 10.4 Å². The van der Waals surface area contributed by atoms with Crippen molar-refractivity contribution >= 4 is 16.8 Å².